The summed E-state index contributed by atoms with van der Waals surface area (Å²) in [5.74, 6) is 0.249. The first-order valence-electron chi connectivity index (χ1n) is 13.5. The largest absolute Gasteiger partial charge is 0.298 e. The highest BCUT2D eigenvalue weighted by Crippen LogP contribution is 2.29. The lowest BCUT2D eigenvalue weighted by atomic mass is 9.95. The molecular formula is C31H41N3OS2. The number of pyridine rings is 1. The monoisotopic (exact) mass is 535 g/mol. The zero-order valence-corrected chi connectivity index (χ0v) is 24.8. The summed E-state index contributed by atoms with van der Waals surface area (Å²) in [5.41, 5.74) is 6.36. The molecule has 0 saturated heterocycles. The van der Waals surface area contributed by atoms with Gasteiger partial charge in [-0.05, 0) is 96.2 Å². The van der Waals surface area contributed by atoms with E-state index in [0.717, 1.165) is 50.3 Å². The molecule has 5 heterocycles. The van der Waals surface area contributed by atoms with Gasteiger partial charge in [0, 0.05) is 53.9 Å². The second kappa shape index (κ2) is 14.5. The van der Waals surface area contributed by atoms with Gasteiger partial charge >= 0.3 is 0 Å². The first-order valence-corrected chi connectivity index (χ1v) is 15.2. The van der Waals surface area contributed by atoms with Crippen LogP contribution < -0.4 is 0 Å². The highest BCUT2D eigenvalue weighted by Gasteiger charge is 2.17. The molecule has 1 aromatic carbocycles. The molecule has 37 heavy (non-hydrogen) atoms. The number of rotatable bonds is 0. The fourth-order valence-electron chi connectivity index (χ4n) is 4.71. The minimum Gasteiger partial charge on any atom is -0.298 e. The third-order valence-corrected chi connectivity index (χ3v) is 8.18. The van der Waals surface area contributed by atoms with Gasteiger partial charge in [-0.25, -0.2) is 0 Å². The first-order chi connectivity index (χ1) is 18.1. The average molecular weight is 536 g/mol. The lowest BCUT2D eigenvalue weighted by Gasteiger charge is -2.11. The van der Waals surface area contributed by atoms with Crippen molar-refractivity contribution in [3.8, 4) is 0 Å². The Hall–Kier alpha value is -2.38. The van der Waals surface area contributed by atoms with E-state index in [4.69, 9.17) is 0 Å². The van der Waals surface area contributed by atoms with Gasteiger partial charge in [-0.3, -0.25) is 19.6 Å². The Kier molecular flexibility index (Phi) is 11.5. The zero-order chi connectivity index (χ0) is 26.8. The SMILES string of the molecule is CC.CC.CN1Cc2cc3ccsc3cc2C1.CN1Cc2ccsc2C1.O=C1CCCc2ncccc21. The molecule has 0 saturated carbocycles. The normalized spacial score (nSPS) is 15.5. The molecule has 0 bridgehead atoms. The number of aromatic nitrogens is 1. The second-order valence-corrected chi connectivity index (χ2v) is 11.0. The number of Topliss-reactive ketones (excluding diaryl/α,β-unsaturated/α-hetero) is 1. The number of carbonyl (C=O) groups is 1. The molecule has 4 aromatic rings. The summed E-state index contributed by atoms with van der Waals surface area (Å²) in [5, 5.41) is 5.75. The molecule has 3 aromatic heterocycles. The van der Waals surface area contributed by atoms with Gasteiger partial charge in [0.15, 0.2) is 5.78 Å². The van der Waals surface area contributed by atoms with Gasteiger partial charge < -0.3 is 0 Å². The number of hydrogen-bond acceptors (Lipinski definition) is 6. The van der Waals surface area contributed by atoms with Gasteiger partial charge in [-0.1, -0.05) is 27.7 Å². The summed E-state index contributed by atoms with van der Waals surface area (Å²) in [4.78, 5) is 21.6. The van der Waals surface area contributed by atoms with Crippen LogP contribution in [0.15, 0.2) is 53.4 Å². The van der Waals surface area contributed by atoms with E-state index in [1.54, 1.807) is 11.1 Å². The fraction of sp³-hybridized carbons (Fsp3) is 0.419. The van der Waals surface area contributed by atoms with E-state index in [0.29, 0.717) is 6.42 Å². The molecular weight excluding hydrogens is 494 g/mol. The van der Waals surface area contributed by atoms with Crippen molar-refractivity contribution in [3.63, 3.8) is 0 Å². The average Bonchev–Trinajstić information content (AvgIpc) is 3.70. The maximum absolute atomic E-state index is 11.2. The topological polar surface area (TPSA) is 36.4 Å². The summed E-state index contributed by atoms with van der Waals surface area (Å²) in [7, 11) is 4.33. The number of hydrogen-bond donors (Lipinski definition) is 0. The van der Waals surface area contributed by atoms with Crippen molar-refractivity contribution in [1.29, 1.82) is 0 Å². The van der Waals surface area contributed by atoms with Crippen molar-refractivity contribution in [2.45, 2.75) is 73.1 Å². The van der Waals surface area contributed by atoms with Crippen molar-refractivity contribution >= 4 is 38.5 Å². The quantitative estimate of drug-likeness (QED) is 0.227. The number of nitrogens with zero attached hydrogens (tertiary/aromatic N) is 3. The van der Waals surface area contributed by atoms with Crippen molar-refractivity contribution in [2.75, 3.05) is 14.1 Å². The van der Waals surface area contributed by atoms with Crippen molar-refractivity contribution in [2.24, 2.45) is 0 Å². The fourth-order valence-corrected chi connectivity index (χ4v) is 6.52. The van der Waals surface area contributed by atoms with E-state index in [1.807, 2.05) is 62.5 Å². The van der Waals surface area contributed by atoms with Crippen LogP contribution in [0.1, 0.15) is 78.2 Å². The molecule has 1 aliphatic carbocycles. The molecule has 7 rings (SSSR count). The van der Waals surface area contributed by atoms with E-state index in [-0.39, 0.29) is 5.78 Å². The molecule has 0 radical (unpaired) electrons. The second-order valence-electron chi connectivity index (χ2n) is 9.07. The molecule has 4 nitrogen and oxygen atoms in total. The number of carbonyl (C=O) groups excluding carboxylic acids is 1. The molecule has 0 atom stereocenters. The molecule has 2 aliphatic heterocycles. The summed E-state index contributed by atoms with van der Waals surface area (Å²) in [6.45, 7) is 12.5. The summed E-state index contributed by atoms with van der Waals surface area (Å²) >= 11 is 3.71. The van der Waals surface area contributed by atoms with Crippen LogP contribution in [0, 0.1) is 0 Å². The third kappa shape index (κ3) is 7.57. The predicted octanol–water partition coefficient (Wildman–Crippen LogP) is 8.19. The maximum Gasteiger partial charge on any atom is 0.164 e. The Morgan fingerprint density at radius 2 is 1.46 bits per heavy atom. The first kappa shape index (κ1) is 29.2. The van der Waals surface area contributed by atoms with E-state index < -0.39 is 0 Å². The summed E-state index contributed by atoms with van der Waals surface area (Å²) in [6, 6.07) is 12.8. The number of thiophene rings is 2. The molecule has 6 heteroatoms. The van der Waals surface area contributed by atoms with Crippen LogP contribution in [0.2, 0.25) is 0 Å². The molecule has 3 aliphatic rings. The van der Waals surface area contributed by atoms with Gasteiger partial charge in [0.05, 0.1) is 5.69 Å². The predicted molar refractivity (Wildman–Crippen MR) is 161 cm³/mol. The van der Waals surface area contributed by atoms with Crippen LogP contribution in [0.25, 0.3) is 10.1 Å². The number of ketones is 1. The Morgan fingerprint density at radius 1 is 0.784 bits per heavy atom. The van der Waals surface area contributed by atoms with Gasteiger partial charge in [0.2, 0.25) is 0 Å². The standard InChI is InChI=1S/C11H11NS.C9H9NO.C7H9NS.2C2H6/c1-12-6-9-4-8-2-3-13-11(8)5-10(9)7-12;11-9-5-1-4-8-7(9)3-2-6-10-8;1-8-4-6-2-3-9-7(6)5-8;2*1-2/h2-5H,6-7H2,1H3;2-3,6H,1,4-5H2;2-3H,4-5H2,1H3;2*1-2H3. The van der Waals surface area contributed by atoms with Crippen LogP contribution in [-0.4, -0.2) is 34.7 Å². The Labute approximate surface area is 231 Å². The Morgan fingerprint density at radius 3 is 2.19 bits per heavy atom. The zero-order valence-electron chi connectivity index (χ0n) is 23.2. The number of fused-ring (bicyclic) bond motifs is 4. The minimum absolute atomic E-state index is 0.249. The van der Waals surface area contributed by atoms with E-state index in [9.17, 15) is 4.79 Å². The smallest absolute Gasteiger partial charge is 0.164 e. The van der Waals surface area contributed by atoms with Crippen LogP contribution in [0.3, 0.4) is 0 Å². The molecule has 0 fully saturated rings. The Balaban J connectivity index is 0.000000146. The van der Waals surface area contributed by atoms with Gasteiger partial charge in [-0.15, -0.1) is 22.7 Å². The van der Waals surface area contributed by atoms with Crippen molar-refractivity contribution in [3.05, 3.63) is 86.2 Å². The maximum atomic E-state index is 11.2. The van der Waals surface area contributed by atoms with Crippen LogP contribution >= 0.6 is 22.7 Å². The Bertz CT molecular complexity index is 1220. The lowest BCUT2D eigenvalue weighted by Crippen LogP contribution is -2.11. The number of benzene rings is 1. The van der Waals surface area contributed by atoms with Crippen molar-refractivity contribution in [1.82, 2.24) is 14.8 Å². The molecule has 198 valence electrons. The number of aryl methyl sites for hydroxylation is 1. The van der Waals surface area contributed by atoms with E-state index in [2.05, 4.69) is 63.9 Å². The summed E-state index contributed by atoms with van der Waals surface area (Å²) in [6.07, 6.45) is 4.36. The van der Waals surface area contributed by atoms with Crippen LogP contribution in [-0.2, 0) is 32.6 Å². The van der Waals surface area contributed by atoms with Gasteiger partial charge in [0.25, 0.3) is 0 Å². The van der Waals surface area contributed by atoms with E-state index >= 15 is 0 Å². The highest BCUT2D eigenvalue weighted by molar-refractivity contribution is 7.17. The van der Waals surface area contributed by atoms with Gasteiger partial charge in [0.1, 0.15) is 0 Å². The van der Waals surface area contributed by atoms with Crippen LogP contribution in [0.5, 0.6) is 0 Å². The minimum atomic E-state index is 0.249. The van der Waals surface area contributed by atoms with Crippen molar-refractivity contribution < 1.29 is 4.79 Å². The lowest BCUT2D eigenvalue weighted by molar-refractivity contribution is 0.0971. The van der Waals surface area contributed by atoms with Crippen LogP contribution in [0.4, 0.5) is 0 Å². The molecule has 0 amide bonds. The van der Waals surface area contributed by atoms with E-state index in [1.165, 1.54) is 26.8 Å². The third-order valence-electron chi connectivity index (χ3n) is 6.35. The highest BCUT2D eigenvalue weighted by atomic mass is 32.1. The molecule has 0 spiro atoms. The summed E-state index contributed by atoms with van der Waals surface area (Å²) < 4.78 is 1.43. The molecule has 0 unspecified atom stereocenters. The van der Waals surface area contributed by atoms with Gasteiger partial charge in [-0.2, -0.15) is 0 Å². The molecule has 0 N–H and O–H groups in total.